The number of aromatic nitrogens is 1. The number of aromatic hydroxyl groups is 2. The molecule has 0 aliphatic heterocycles. The molecular formula is C15H9NO4. The summed E-state index contributed by atoms with van der Waals surface area (Å²) in [4.78, 5) is 15.5. The summed E-state index contributed by atoms with van der Waals surface area (Å²) in [7, 11) is 0. The maximum Gasteiger partial charge on any atom is 0.209 e. The van der Waals surface area contributed by atoms with Crippen molar-refractivity contribution >= 4 is 33.0 Å². The quantitative estimate of drug-likeness (QED) is 0.457. The minimum atomic E-state index is -0.168. The second-order valence-electron chi connectivity index (χ2n) is 4.67. The van der Waals surface area contributed by atoms with Gasteiger partial charge in [-0.1, -0.05) is 0 Å². The first-order chi connectivity index (χ1) is 9.63. The molecule has 0 bridgehead atoms. The summed E-state index contributed by atoms with van der Waals surface area (Å²) in [5.41, 5.74) is 1.10. The van der Waals surface area contributed by atoms with E-state index < -0.39 is 0 Å². The Bertz CT molecular complexity index is 1040. The molecule has 2 aromatic carbocycles. The van der Waals surface area contributed by atoms with E-state index in [1.54, 1.807) is 12.1 Å². The fraction of sp³-hybridized carbons (Fsp3) is 0. The highest BCUT2D eigenvalue weighted by Gasteiger charge is 2.14. The molecule has 3 N–H and O–H groups in total. The average Bonchev–Trinajstić information content (AvgIpc) is 2.75. The molecule has 0 amide bonds. The molecule has 0 fully saturated rings. The number of benzene rings is 2. The number of phenolic OH excluding ortho intramolecular Hbond substituents is 2. The predicted molar refractivity (Wildman–Crippen MR) is 75.2 cm³/mol. The number of H-pyrrole nitrogens is 1. The molecule has 0 saturated carbocycles. The molecule has 2 aromatic heterocycles. The lowest BCUT2D eigenvalue weighted by Crippen LogP contribution is -2.02. The van der Waals surface area contributed by atoms with Crippen LogP contribution in [0.25, 0.3) is 33.0 Å². The Kier molecular flexibility index (Phi) is 1.93. The molecule has 5 heteroatoms. The number of pyridine rings is 1. The van der Waals surface area contributed by atoms with Crippen LogP contribution in [0.1, 0.15) is 0 Å². The van der Waals surface area contributed by atoms with Crippen LogP contribution in [0.4, 0.5) is 0 Å². The van der Waals surface area contributed by atoms with Gasteiger partial charge in [0.05, 0.1) is 10.9 Å². The summed E-state index contributed by atoms with van der Waals surface area (Å²) in [5, 5.41) is 20.5. The summed E-state index contributed by atoms with van der Waals surface area (Å²) < 4.78 is 5.56. The van der Waals surface area contributed by atoms with Gasteiger partial charge in [0.15, 0.2) is 0 Å². The molecule has 0 aliphatic carbocycles. The second kappa shape index (κ2) is 3.54. The molecule has 2 heterocycles. The van der Waals surface area contributed by atoms with Crippen molar-refractivity contribution in [2.45, 2.75) is 0 Å². The highest BCUT2D eigenvalue weighted by molar-refractivity contribution is 6.07. The maximum absolute atomic E-state index is 12.5. The lowest BCUT2D eigenvalue weighted by atomic mass is 10.1. The maximum atomic E-state index is 12.5. The summed E-state index contributed by atoms with van der Waals surface area (Å²) in [6.07, 6.45) is 0. The van der Waals surface area contributed by atoms with E-state index in [4.69, 9.17) is 4.42 Å². The zero-order valence-electron chi connectivity index (χ0n) is 10.2. The van der Waals surface area contributed by atoms with Crippen LogP contribution in [0.3, 0.4) is 0 Å². The van der Waals surface area contributed by atoms with Crippen molar-refractivity contribution in [1.82, 2.24) is 4.98 Å². The Labute approximate surface area is 111 Å². The third kappa shape index (κ3) is 1.34. The van der Waals surface area contributed by atoms with E-state index in [1.807, 2.05) is 0 Å². The van der Waals surface area contributed by atoms with E-state index in [9.17, 15) is 15.0 Å². The fourth-order valence-corrected chi connectivity index (χ4v) is 2.49. The summed E-state index contributed by atoms with van der Waals surface area (Å²) in [6, 6.07) is 9.14. The summed E-state index contributed by atoms with van der Waals surface area (Å²) in [6.45, 7) is 0. The van der Waals surface area contributed by atoms with Crippen molar-refractivity contribution in [3.8, 4) is 11.5 Å². The predicted octanol–water partition coefficient (Wildman–Crippen LogP) is 2.84. The van der Waals surface area contributed by atoms with Crippen LogP contribution in [0.5, 0.6) is 11.5 Å². The van der Waals surface area contributed by atoms with Gasteiger partial charge in [0, 0.05) is 22.9 Å². The lowest BCUT2D eigenvalue weighted by molar-refractivity contribution is 0.474. The van der Waals surface area contributed by atoms with Crippen molar-refractivity contribution in [2.75, 3.05) is 0 Å². The number of aromatic amines is 1. The summed E-state index contributed by atoms with van der Waals surface area (Å²) >= 11 is 0. The van der Waals surface area contributed by atoms with Gasteiger partial charge >= 0.3 is 0 Å². The van der Waals surface area contributed by atoms with Crippen molar-refractivity contribution in [3.63, 3.8) is 0 Å². The Morgan fingerprint density at radius 1 is 0.950 bits per heavy atom. The van der Waals surface area contributed by atoms with Crippen molar-refractivity contribution in [1.29, 1.82) is 0 Å². The number of phenols is 2. The number of hydrogen-bond acceptors (Lipinski definition) is 4. The SMILES string of the molecule is O=c1c2ccc(O)cc2[nH]c2oc3cc(O)ccc3c12. The fourth-order valence-electron chi connectivity index (χ4n) is 2.49. The van der Waals surface area contributed by atoms with Gasteiger partial charge < -0.3 is 19.6 Å². The molecule has 20 heavy (non-hydrogen) atoms. The summed E-state index contributed by atoms with van der Waals surface area (Å²) in [5.74, 6) is 0.146. The van der Waals surface area contributed by atoms with Gasteiger partial charge in [-0.3, -0.25) is 4.79 Å². The molecule has 98 valence electrons. The second-order valence-corrected chi connectivity index (χ2v) is 4.67. The van der Waals surface area contributed by atoms with Gasteiger partial charge in [-0.05, 0) is 24.3 Å². The average molecular weight is 267 g/mol. The molecule has 0 atom stereocenters. The van der Waals surface area contributed by atoms with Gasteiger partial charge in [-0.25, -0.2) is 0 Å². The van der Waals surface area contributed by atoms with Crippen molar-refractivity contribution < 1.29 is 14.6 Å². The molecule has 4 aromatic rings. The normalized spacial score (nSPS) is 11.6. The van der Waals surface area contributed by atoms with Crippen LogP contribution in [-0.2, 0) is 0 Å². The van der Waals surface area contributed by atoms with Gasteiger partial charge in [0.25, 0.3) is 0 Å². The van der Waals surface area contributed by atoms with Crippen LogP contribution < -0.4 is 5.43 Å². The molecule has 0 spiro atoms. The first-order valence-electron chi connectivity index (χ1n) is 6.04. The number of fused-ring (bicyclic) bond motifs is 4. The number of hydrogen-bond donors (Lipinski definition) is 3. The Morgan fingerprint density at radius 3 is 2.45 bits per heavy atom. The number of furan rings is 1. The molecule has 5 nitrogen and oxygen atoms in total. The van der Waals surface area contributed by atoms with Gasteiger partial charge in [-0.2, -0.15) is 0 Å². The number of nitrogens with one attached hydrogen (secondary N) is 1. The van der Waals surface area contributed by atoms with Crippen LogP contribution in [-0.4, -0.2) is 15.2 Å². The largest absolute Gasteiger partial charge is 0.508 e. The van der Waals surface area contributed by atoms with Gasteiger partial charge in [0.2, 0.25) is 11.1 Å². The Hall–Kier alpha value is -2.95. The minimum absolute atomic E-state index is 0.0706. The van der Waals surface area contributed by atoms with Crippen molar-refractivity contribution in [3.05, 3.63) is 46.6 Å². The Morgan fingerprint density at radius 2 is 1.65 bits per heavy atom. The molecular weight excluding hydrogens is 258 g/mol. The first-order valence-corrected chi connectivity index (χ1v) is 6.04. The number of rotatable bonds is 0. The molecule has 4 rings (SSSR count). The van der Waals surface area contributed by atoms with E-state index in [1.165, 1.54) is 24.3 Å². The highest BCUT2D eigenvalue weighted by atomic mass is 16.3. The van der Waals surface area contributed by atoms with Gasteiger partial charge in [0.1, 0.15) is 17.1 Å². The van der Waals surface area contributed by atoms with E-state index in [2.05, 4.69) is 4.98 Å². The van der Waals surface area contributed by atoms with Crippen LogP contribution in [0.15, 0.2) is 45.6 Å². The zero-order valence-corrected chi connectivity index (χ0v) is 10.2. The molecule has 0 radical (unpaired) electrons. The van der Waals surface area contributed by atoms with Crippen LogP contribution >= 0.6 is 0 Å². The standard InChI is InChI=1S/C15H9NO4/c17-7-1-3-9-11(5-7)16-15-13(14(9)19)10-4-2-8(18)6-12(10)20-15/h1-6,17-18H,(H,16,19). The molecule has 0 aliphatic rings. The van der Waals surface area contributed by atoms with E-state index in [-0.39, 0.29) is 16.9 Å². The third-order valence-electron chi connectivity index (χ3n) is 3.40. The first kappa shape index (κ1) is 10.9. The Balaban J connectivity index is 2.29. The van der Waals surface area contributed by atoms with E-state index in [0.717, 1.165) is 0 Å². The van der Waals surface area contributed by atoms with Gasteiger partial charge in [-0.15, -0.1) is 0 Å². The zero-order chi connectivity index (χ0) is 13.9. The van der Waals surface area contributed by atoms with Crippen LogP contribution in [0, 0.1) is 0 Å². The third-order valence-corrected chi connectivity index (χ3v) is 3.40. The van der Waals surface area contributed by atoms with Crippen LogP contribution in [0.2, 0.25) is 0 Å². The molecule has 0 unspecified atom stereocenters. The van der Waals surface area contributed by atoms with Crippen molar-refractivity contribution in [2.24, 2.45) is 0 Å². The highest BCUT2D eigenvalue weighted by Crippen LogP contribution is 2.29. The monoisotopic (exact) mass is 267 g/mol. The topological polar surface area (TPSA) is 86.5 Å². The molecule has 0 saturated heterocycles. The van der Waals surface area contributed by atoms with E-state index >= 15 is 0 Å². The lowest BCUT2D eigenvalue weighted by Gasteiger charge is -1.98. The smallest absolute Gasteiger partial charge is 0.209 e. The minimum Gasteiger partial charge on any atom is -0.508 e. The van der Waals surface area contributed by atoms with E-state index in [0.29, 0.717) is 33.0 Å².